The molecule has 2 heterocycles. The number of hydrogen-bond donors (Lipinski definition) is 1. The van der Waals surface area contributed by atoms with E-state index in [1.807, 2.05) is 35.2 Å². The lowest BCUT2D eigenvalue weighted by Crippen LogP contribution is -2.30. The highest BCUT2D eigenvalue weighted by molar-refractivity contribution is 6.05. The molecule has 1 aliphatic rings. The number of amides is 1. The number of fused-ring (bicyclic) bond motifs is 1. The lowest BCUT2D eigenvalue weighted by atomic mass is 10.1. The molecule has 166 valence electrons. The van der Waals surface area contributed by atoms with Gasteiger partial charge in [0, 0.05) is 30.4 Å². The van der Waals surface area contributed by atoms with Crippen molar-refractivity contribution in [2.45, 2.75) is 19.3 Å². The van der Waals surface area contributed by atoms with E-state index < -0.39 is 10.8 Å². The molecule has 9 nitrogen and oxygen atoms in total. The summed E-state index contributed by atoms with van der Waals surface area (Å²) >= 11 is 0. The molecule has 0 saturated carbocycles. The van der Waals surface area contributed by atoms with Gasteiger partial charge < -0.3 is 10.2 Å². The van der Waals surface area contributed by atoms with Crippen molar-refractivity contribution in [3.05, 3.63) is 82.4 Å². The van der Waals surface area contributed by atoms with Crippen LogP contribution in [-0.2, 0) is 0 Å². The lowest BCUT2D eigenvalue weighted by molar-refractivity contribution is -0.384. The van der Waals surface area contributed by atoms with Crippen LogP contribution >= 0.6 is 0 Å². The smallest absolute Gasteiger partial charge is 0.293 e. The Bertz CT molecular complexity index is 1330. The van der Waals surface area contributed by atoms with Crippen molar-refractivity contribution in [2.75, 3.05) is 23.3 Å². The minimum Gasteiger partial charge on any atom is -0.366 e. The van der Waals surface area contributed by atoms with E-state index in [2.05, 4.69) is 15.5 Å². The summed E-state index contributed by atoms with van der Waals surface area (Å²) in [6.07, 6.45) is 3.15. The third-order valence-electron chi connectivity index (χ3n) is 5.76. The summed E-state index contributed by atoms with van der Waals surface area (Å²) in [5, 5.41) is 23.4. The van der Waals surface area contributed by atoms with Crippen molar-refractivity contribution >= 4 is 34.0 Å². The third-order valence-corrected chi connectivity index (χ3v) is 5.76. The van der Waals surface area contributed by atoms with Gasteiger partial charge in [-0.15, -0.1) is 10.2 Å². The Kier molecular flexibility index (Phi) is 5.43. The molecule has 4 aromatic rings. The maximum atomic E-state index is 12.9. The summed E-state index contributed by atoms with van der Waals surface area (Å²) < 4.78 is 0. The van der Waals surface area contributed by atoms with Crippen molar-refractivity contribution in [1.82, 2.24) is 15.0 Å². The first-order chi connectivity index (χ1) is 16.1. The Morgan fingerprint density at radius 3 is 2.42 bits per heavy atom. The van der Waals surface area contributed by atoms with Crippen molar-refractivity contribution in [2.24, 2.45) is 0 Å². The molecular formula is C24H22N6O3. The Hall–Kier alpha value is -4.27. The molecule has 9 heteroatoms. The summed E-state index contributed by atoms with van der Waals surface area (Å²) in [4.78, 5) is 27.7. The summed E-state index contributed by atoms with van der Waals surface area (Å²) in [6, 6.07) is 19.5. The molecule has 1 N–H and O–H groups in total. The second-order valence-electron chi connectivity index (χ2n) is 7.99. The fourth-order valence-electron chi connectivity index (χ4n) is 4.09. The van der Waals surface area contributed by atoms with Gasteiger partial charge in [0.2, 0.25) is 0 Å². The second-order valence-corrected chi connectivity index (χ2v) is 7.99. The molecule has 0 radical (unpaired) electrons. The Morgan fingerprint density at radius 1 is 0.909 bits per heavy atom. The summed E-state index contributed by atoms with van der Waals surface area (Å²) in [6.45, 7) is 1.58. The van der Waals surface area contributed by atoms with E-state index in [9.17, 15) is 14.9 Å². The monoisotopic (exact) mass is 442 g/mol. The number of anilines is 2. The highest BCUT2D eigenvalue weighted by Gasteiger charge is 2.23. The van der Waals surface area contributed by atoms with E-state index >= 15 is 0 Å². The number of nitrogens with zero attached hydrogens (tertiary/aromatic N) is 5. The molecule has 1 amide bonds. The largest absolute Gasteiger partial charge is 0.366 e. The van der Waals surface area contributed by atoms with Crippen LogP contribution in [0.1, 0.15) is 29.6 Å². The number of para-hydroxylation sites is 1. The molecule has 0 unspecified atom stereocenters. The first kappa shape index (κ1) is 20.6. The number of piperidine rings is 1. The highest BCUT2D eigenvalue weighted by Crippen LogP contribution is 2.31. The minimum absolute atomic E-state index is 0.0502. The van der Waals surface area contributed by atoms with Gasteiger partial charge in [0.1, 0.15) is 16.7 Å². The van der Waals surface area contributed by atoms with Crippen molar-refractivity contribution < 1.29 is 9.72 Å². The van der Waals surface area contributed by atoms with Crippen LogP contribution in [0.25, 0.3) is 16.7 Å². The number of nitro benzene ring substituents is 1. The molecule has 5 rings (SSSR count). The first-order valence-electron chi connectivity index (χ1n) is 10.9. The Balaban J connectivity index is 1.38. The quantitative estimate of drug-likeness (QED) is 0.358. The zero-order valence-corrected chi connectivity index (χ0v) is 17.8. The minimum atomic E-state index is -0.422. The topological polar surface area (TPSA) is 106 Å². The van der Waals surface area contributed by atoms with Crippen LogP contribution in [0, 0.1) is 10.1 Å². The third kappa shape index (κ3) is 4.25. The Morgan fingerprint density at radius 2 is 1.67 bits per heavy atom. The predicted octanol–water partition coefficient (Wildman–Crippen LogP) is 4.57. The van der Waals surface area contributed by atoms with Crippen molar-refractivity contribution in [3.8, 4) is 5.69 Å². The maximum Gasteiger partial charge on any atom is 0.293 e. The number of rotatable bonds is 5. The fourth-order valence-corrected chi connectivity index (χ4v) is 4.09. The fraction of sp³-hybridized carbons (Fsp3) is 0.208. The average Bonchev–Trinajstić information content (AvgIpc) is 3.28. The van der Waals surface area contributed by atoms with Gasteiger partial charge in [-0.3, -0.25) is 14.9 Å². The van der Waals surface area contributed by atoms with E-state index in [0.29, 0.717) is 22.4 Å². The number of nitro groups is 1. The summed E-state index contributed by atoms with van der Waals surface area (Å²) in [7, 11) is 0. The molecule has 1 fully saturated rings. The first-order valence-corrected chi connectivity index (χ1v) is 10.9. The molecule has 1 aromatic heterocycles. The number of carbonyl (C=O) groups is 1. The number of nitrogens with one attached hydrogen (secondary N) is 1. The van der Waals surface area contributed by atoms with Crippen LogP contribution in [0.5, 0.6) is 0 Å². The van der Waals surface area contributed by atoms with Crippen LogP contribution < -0.4 is 10.2 Å². The maximum absolute atomic E-state index is 12.9. The van der Waals surface area contributed by atoms with Gasteiger partial charge >= 0.3 is 0 Å². The molecule has 3 aromatic carbocycles. The van der Waals surface area contributed by atoms with E-state index in [-0.39, 0.29) is 11.3 Å². The molecule has 0 atom stereocenters. The molecule has 0 aliphatic carbocycles. The van der Waals surface area contributed by atoms with Crippen molar-refractivity contribution in [3.63, 3.8) is 0 Å². The van der Waals surface area contributed by atoms with Gasteiger partial charge in [-0.05, 0) is 61.7 Å². The lowest BCUT2D eigenvalue weighted by Gasteiger charge is -2.28. The molecule has 0 bridgehead atoms. The van der Waals surface area contributed by atoms with Crippen LogP contribution in [0.4, 0.5) is 17.1 Å². The SMILES string of the molecule is O=C(Nc1ccc2nn(-c3ccccc3)nc2c1)c1ccc(N2CCCCC2)c([N+](=O)[O-])c1. The van der Waals surface area contributed by atoms with E-state index in [4.69, 9.17) is 0 Å². The van der Waals surface area contributed by atoms with Gasteiger partial charge in [0.15, 0.2) is 0 Å². The molecule has 0 spiro atoms. The highest BCUT2D eigenvalue weighted by atomic mass is 16.6. The van der Waals surface area contributed by atoms with Crippen LogP contribution in [0.3, 0.4) is 0 Å². The number of aromatic nitrogens is 3. The zero-order chi connectivity index (χ0) is 22.8. The molecule has 33 heavy (non-hydrogen) atoms. The van der Waals surface area contributed by atoms with Crippen LogP contribution in [0.15, 0.2) is 66.7 Å². The average molecular weight is 442 g/mol. The standard InChI is InChI=1S/C24H22N6O3/c31-24(17-9-12-22(23(15-17)30(32)33)28-13-5-2-6-14-28)25-18-10-11-20-21(16-18)27-29(26-20)19-7-3-1-4-8-19/h1,3-4,7-12,15-16H,2,5-6,13-14H2,(H,25,31). The second kappa shape index (κ2) is 8.70. The van der Waals surface area contributed by atoms with Gasteiger partial charge in [-0.25, -0.2) is 0 Å². The number of benzene rings is 3. The van der Waals surface area contributed by atoms with Gasteiger partial charge in [-0.1, -0.05) is 18.2 Å². The molecule has 1 aliphatic heterocycles. The van der Waals surface area contributed by atoms with Gasteiger partial charge in [0.25, 0.3) is 11.6 Å². The van der Waals surface area contributed by atoms with Crippen LogP contribution in [-0.4, -0.2) is 38.9 Å². The van der Waals surface area contributed by atoms with Gasteiger partial charge in [-0.2, -0.15) is 4.80 Å². The summed E-state index contributed by atoms with van der Waals surface area (Å²) in [5.74, 6) is -0.418. The summed E-state index contributed by atoms with van der Waals surface area (Å²) in [5.41, 5.74) is 3.44. The van der Waals surface area contributed by atoms with E-state index in [1.165, 1.54) is 6.07 Å². The van der Waals surface area contributed by atoms with Crippen molar-refractivity contribution in [1.29, 1.82) is 0 Å². The number of carbonyl (C=O) groups excluding carboxylic acids is 1. The molecule has 1 saturated heterocycles. The normalized spacial score (nSPS) is 13.8. The van der Waals surface area contributed by atoms with Crippen LogP contribution in [0.2, 0.25) is 0 Å². The van der Waals surface area contributed by atoms with E-state index in [0.717, 1.165) is 38.0 Å². The predicted molar refractivity (Wildman–Crippen MR) is 126 cm³/mol. The number of hydrogen-bond acceptors (Lipinski definition) is 6. The Labute approximate surface area is 189 Å². The zero-order valence-electron chi connectivity index (χ0n) is 17.8. The van der Waals surface area contributed by atoms with E-state index in [1.54, 1.807) is 35.1 Å². The van der Waals surface area contributed by atoms with Gasteiger partial charge in [0.05, 0.1) is 10.6 Å². The molecular weight excluding hydrogens is 420 g/mol.